The minimum Gasteiger partial charge on any atom is -0.497 e. The zero-order valence-electron chi connectivity index (χ0n) is 30.3. The molecule has 274 valence electrons. The Morgan fingerprint density at radius 3 is 1.73 bits per heavy atom. The average Bonchev–Trinajstić information content (AvgIpc) is 3.14. The molecule has 0 bridgehead atoms. The highest BCUT2D eigenvalue weighted by molar-refractivity contribution is 7.50. The molecule has 1 unspecified atom stereocenters. The summed E-state index contributed by atoms with van der Waals surface area (Å²) in [7, 11) is 2.10. The van der Waals surface area contributed by atoms with Crippen molar-refractivity contribution in [1.82, 2.24) is 20.6 Å². The first kappa shape index (κ1) is 40.9. The van der Waals surface area contributed by atoms with E-state index >= 15 is 0 Å². The zero-order valence-corrected chi connectivity index (χ0v) is 31.2. The van der Waals surface area contributed by atoms with Crippen molar-refractivity contribution < 1.29 is 33.1 Å². The maximum absolute atomic E-state index is 12.8. The topological polar surface area (TPSA) is 132 Å². The van der Waals surface area contributed by atoms with Crippen LogP contribution in [0.2, 0.25) is 0 Å². The molecule has 3 rings (SSSR count). The average molecular weight is 720 g/mol. The van der Waals surface area contributed by atoms with Crippen LogP contribution in [0, 0.1) is 6.57 Å². The molecule has 0 aromatic heterocycles. The summed E-state index contributed by atoms with van der Waals surface area (Å²) in [6, 6.07) is 25.1. The van der Waals surface area contributed by atoms with Gasteiger partial charge in [-0.25, -0.2) is 6.57 Å². The van der Waals surface area contributed by atoms with Crippen LogP contribution in [0.4, 0.5) is 0 Å². The SMILES string of the molecule is [C-]#[N+]CCCP(OCC(=O)NCC(=O)NCC(=O)NCOC(c1ccccc1)(c1ccc(OC)cc1)c1ccc(OC)cc1)N(C(C)C)C(C)C. The summed E-state index contributed by atoms with van der Waals surface area (Å²) >= 11 is 0. The molecular formula is C38H50N5O7P. The molecule has 3 N–H and O–H groups in total. The van der Waals surface area contributed by atoms with Gasteiger partial charge >= 0.3 is 0 Å². The molecule has 3 aromatic carbocycles. The quantitative estimate of drug-likeness (QED) is 0.0457. The first-order valence-electron chi connectivity index (χ1n) is 16.9. The van der Waals surface area contributed by atoms with Crippen LogP contribution in [0.5, 0.6) is 11.5 Å². The molecule has 51 heavy (non-hydrogen) atoms. The fraction of sp³-hybridized carbons (Fsp3) is 0.421. The number of ether oxygens (including phenoxy) is 3. The minimum atomic E-state index is -1.12. The number of nitrogens with zero attached hydrogens (tertiary/aromatic N) is 2. The number of carbonyl (C=O) groups is 3. The van der Waals surface area contributed by atoms with E-state index in [4.69, 9.17) is 25.3 Å². The van der Waals surface area contributed by atoms with Gasteiger partial charge in [-0.05, 0) is 68.7 Å². The van der Waals surface area contributed by atoms with Gasteiger partial charge in [0.15, 0.2) is 0 Å². The Kier molecular flexibility index (Phi) is 16.8. The Balaban J connectivity index is 1.60. The van der Waals surface area contributed by atoms with E-state index in [1.165, 1.54) is 0 Å². The number of hydrogen-bond acceptors (Lipinski definition) is 8. The Morgan fingerprint density at radius 1 is 0.745 bits per heavy atom. The fourth-order valence-corrected chi connectivity index (χ4v) is 7.81. The highest BCUT2D eigenvalue weighted by Gasteiger charge is 2.38. The van der Waals surface area contributed by atoms with Crippen molar-refractivity contribution in [2.24, 2.45) is 0 Å². The Bertz CT molecular complexity index is 1510. The van der Waals surface area contributed by atoms with Crippen molar-refractivity contribution in [3.05, 3.63) is 107 Å². The summed E-state index contributed by atoms with van der Waals surface area (Å²) < 4.78 is 25.6. The molecule has 0 aliphatic heterocycles. The first-order valence-corrected chi connectivity index (χ1v) is 18.3. The molecule has 0 saturated heterocycles. The lowest BCUT2D eigenvalue weighted by Crippen LogP contribution is -2.44. The summed E-state index contributed by atoms with van der Waals surface area (Å²) in [6.07, 6.45) is 1.35. The number of carbonyl (C=O) groups excluding carboxylic acids is 3. The number of methoxy groups -OCH3 is 2. The number of benzene rings is 3. The second-order valence-corrected chi connectivity index (χ2v) is 14.0. The minimum absolute atomic E-state index is 0.182. The van der Waals surface area contributed by atoms with Crippen LogP contribution >= 0.6 is 8.30 Å². The van der Waals surface area contributed by atoms with Gasteiger partial charge in [0, 0.05) is 24.7 Å². The van der Waals surface area contributed by atoms with Crippen molar-refractivity contribution in [1.29, 1.82) is 0 Å². The second-order valence-electron chi connectivity index (χ2n) is 12.1. The highest BCUT2D eigenvalue weighted by atomic mass is 31.2. The van der Waals surface area contributed by atoms with Crippen LogP contribution in [0.3, 0.4) is 0 Å². The van der Waals surface area contributed by atoms with Gasteiger partial charge in [-0.15, -0.1) is 0 Å². The predicted octanol–water partition coefficient (Wildman–Crippen LogP) is 5.08. The van der Waals surface area contributed by atoms with Gasteiger partial charge < -0.3 is 39.5 Å². The third kappa shape index (κ3) is 12.0. The number of hydrogen-bond donors (Lipinski definition) is 3. The molecule has 0 fully saturated rings. The predicted molar refractivity (Wildman–Crippen MR) is 198 cm³/mol. The molecule has 3 aromatic rings. The molecule has 0 heterocycles. The van der Waals surface area contributed by atoms with E-state index in [1.54, 1.807) is 14.2 Å². The maximum atomic E-state index is 12.8. The van der Waals surface area contributed by atoms with E-state index in [9.17, 15) is 14.4 Å². The van der Waals surface area contributed by atoms with Gasteiger partial charge in [0.05, 0.1) is 27.3 Å². The zero-order chi connectivity index (χ0) is 37.2. The standard InChI is InChI=1S/C38H50N5O7P/c1-28(2)43(29(3)4)51(23-11-22-39-5)50-26-37(46)41-24-35(44)40-25-36(45)42-27-49-38(30-12-9-8-10-13-30,31-14-18-33(47-6)19-15-31)32-16-20-34(48-7)21-17-32/h8-10,12-21,28-29H,11,22-27H2,1-4,6-7H3,(H,40,44)(H,41,46)(H,42,45). The Labute approximate surface area is 302 Å². The van der Waals surface area contributed by atoms with Crippen molar-refractivity contribution in [3.8, 4) is 11.5 Å². The van der Waals surface area contributed by atoms with Crippen LogP contribution in [0.1, 0.15) is 50.8 Å². The summed E-state index contributed by atoms with van der Waals surface area (Å²) in [4.78, 5) is 41.3. The van der Waals surface area contributed by atoms with Crippen LogP contribution in [-0.2, 0) is 29.2 Å². The monoisotopic (exact) mass is 719 g/mol. The molecule has 0 radical (unpaired) electrons. The summed E-state index contributed by atoms with van der Waals surface area (Å²) in [5.74, 6) is -0.0746. The molecule has 0 aliphatic rings. The van der Waals surface area contributed by atoms with Crippen LogP contribution < -0.4 is 25.4 Å². The molecule has 13 heteroatoms. The number of amides is 3. The lowest BCUT2D eigenvalue weighted by molar-refractivity contribution is -0.129. The van der Waals surface area contributed by atoms with E-state index in [-0.39, 0.29) is 38.5 Å². The van der Waals surface area contributed by atoms with E-state index in [0.717, 1.165) is 16.7 Å². The van der Waals surface area contributed by atoms with Gasteiger partial charge in [-0.1, -0.05) is 54.6 Å². The number of nitrogens with one attached hydrogen (secondary N) is 3. The molecule has 0 spiro atoms. The van der Waals surface area contributed by atoms with E-state index in [0.29, 0.717) is 30.6 Å². The van der Waals surface area contributed by atoms with Crippen molar-refractivity contribution in [3.63, 3.8) is 0 Å². The largest absolute Gasteiger partial charge is 0.497 e. The summed E-state index contributed by atoms with van der Waals surface area (Å²) in [6.45, 7) is 14.7. The van der Waals surface area contributed by atoms with Crippen LogP contribution in [0.25, 0.3) is 4.85 Å². The Hall–Kier alpha value is -4.53. The highest BCUT2D eigenvalue weighted by Crippen LogP contribution is 2.45. The fourth-order valence-electron chi connectivity index (χ4n) is 5.61. The van der Waals surface area contributed by atoms with E-state index in [1.807, 2.05) is 78.9 Å². The van der Waals surface area contributed by atoms with E-state index in [2.05, 4.69) is 53.2 Å². The molecule has 0 aliphatic carbocycles. The first-order chi connectivity index (χ1) is 24.5. The second kappa shape index (κ2) is 21.0. The summed E-state index contributed by atoms with van der Waals surface area (Å²) in [5, 5.41) is 7.83. The third-order valence-corrected chi connectivity index (χ3v) is 10.5. The van der Waals surface area contributed by atoms with Crippen LogP contribution in [0.15, 0.2) is 78.9 Å². The van der Waals surface area contributed by atoms with Crippen LogP contribution in [-0.4, -0.2) is 87.8 Å². The van der Waals surface area contributed by atoms with Gasteiger partial charge in [-0.2, -0.15) is 0 Å². The summed E-state index contributed by atoms with van der Waals surface area (Å²) in [5.41, 5.74) is 1.32. The van der Waals surface area contributed by atoms with Crippen molar-refractivity contribution in [2.45, 2.75) is 51.8 Å². The normalized spacial score (nSPS) is 11.9. The lowest BCUT2D eigenvalue weighted by Gasteiger charge is -2.36. The third-order valence-electron chi connectivity index (χ3n) is 7.90. The van der Waals surface area contributed by atoms with Crippen molar-refractivity contribution >= 4 is 26.0 Å². The van der Waals surface area contributed by atoms with Gasteiger partial charge in [-0.3, -0.25) is 19.1 Å². The lowest BCUT2D eigenvalue weighted by atomic mass is 9.80. The van der Waals surface area contributed by atoms with Gasteiger partial charge in [0.1, 0.15) is 38.7 Å². The van der Waals surface area contributed by atoms with Gasteiger partial charge in [0.2, 0.25) is 24.3 Å². The molecule has 1 atom stereocenters. The molecule has 3 amide bonds. The van der Waals surface area contributed by atoms with E-state index < -0.39 is 31.6 Å². The maximum Gasteiger partial charge on any atom is 0.246 e. The number of rotatable bonds is 21. The van der Waals surface area contributed by atoms with Crippen molar-refractivity contribution in [2.75, 3.05) is 53.4 Å². The molecular weight excluding hydrogens is 669 g/mol. The molecule has 0 saturated carbocycles. The smallest absolute Gasteiger partial charge is 0.246 e. The van der Waals surface area contributed by atoms with Gasteiger partial charge in [0.25, 0.3) is 0 Å². The Morgan fingerprint density at radius 2 is 1.24 bits per heavy atom. The molecule has 12 nitrogen and oxygen atoms in total.